The topological polar surface area (TPSA) is 41.1 Å². The second-order valence-corrected chi connectivity index (χ2v) is 6.12. The molecule has 2 aromatic carbocycles. The summed E-state index contributed by atoms with van der Waals surface area (Å²) in [5.74, 6) is 0. The Labute approximate surface area is 130 Å². The first-order valence-corrected chi connectivity index (χ1v) is 7.65. The van der Waals surface area contributed by atoms with Crippen LogP contribution < -0.4 is 10.0 Å². The number of aryl methyl sites for hydroxylation is 4. The highest BCUT2D eigenvalue weighted by molar-refractivity contribution is 7.98. The van der Waals surface area contributed by atoms with Crippen LogP contribution in [0.2, 0.25) is 0 Å². The van der Waals surface area contributed by atoms with Crippen molar-refractivity contribution in [1.29, 1.82) is 0 Å². The second kappa shape index (κ2) is 6.68. The van der Waals surface area contributed by atoms with Crippen molar-refractivity contribution >= 4 is 23.7 Å². The van der Waals surface area contributed by atoms with Crippen LogP contribution in [0.25, 0.3) is 0 Å². The first kappa shape index (κ1) is 15.4. The van der Waals surface area contributed by atoms with E-state index in [1.54, 1.807) is 0 Å². The number of carbonyl (C=O) groups is 1. The van der Waals surface area contributed by atoms with Crippen LogP contribution in [0.5, 0.6) is 0 Å². The molecule has 0 aromatic heterocycles. The van der Waals surface area contributed by atoms with E-state index in [4.69, 9.17) is 0 Å². The lowest BCUT2D eigenvalue weighted by Gasteiger charge is -2.13. The number of hydrogen-bond donors (Lipinski definition) is 2. The van der Waals surface area contributed by atoms with Gasteiger partial charge in [0.1, 0.15) is 0 Å². The molecule has 0 aliphatic heterocycles. The fourth-order valence-corrected chi connectivity index (χ4v) is 2.76. The summed E-state index contributed by atoms with van der Waals surface area (Å²) in [4.78, 5) is 13.0. The van der Waals surface area contributed by atoms with Crippen LogP contribution in [-0.2, 0) is 0 Å². The maximum Gasteiger partial charge on any atom is 0.329 e. The van der Waals surface area contributed by atoms with Gasteiger partial charge in [-0.05, 0) is 62.9 Å². The minimum atomic E-state index is -0.212. The minimum Gasteiger partial charge on any atom is -0.307 e. The Bertz CT molecular complexity index is 627. The highest BCUT2D eigenvalue weighted by Crippen LogP contribution is 2.22. The number of hydrogen-bond acceptors (Lipinski definition) is 2. The van der Waals surface area contributed by atoms with Crippen molar-refractivity contribution in [1.82, 2.24) is 4.72 Å². The summed E-state index contributed by atoms with van der Waals surface area (Å²) >= 11 is 1.31. The highest BCUT2D eigenvalue weighted by atomic mass is 32.2. The molecule has 0 aliphatic rings. The monoisotopic (exact) mass is 300 g/mol. The predicted octanol–water partition coefficient (Wildman–Crippen LogP) is 4.75. The number of nitrogens with one attached hydrogen (secondary N) is 2. The number of anilines is 1. The van der Waals surface area contributed by atoms with Gasteiger partial charge in [0.2, 0.25) is 0 Å². The molecule has 2 aromatic rings. The highest BCUT2D eigenvalue weighted by Gasteiger charge is 2.08. The summed E-state index contributed by atoms with van der Waals surface area (Å²) in [6.07, 6.45) is 0. The van der Waals surface area contributed by atoms with Crippen molar-refractivity contribution in [3.05, 3.63) is 58.7 Å². The van der Waals surface area contributed by atoms with Crippen molar-refractivity contribution in [2.45, 2.75) is 32.6 Å². The third-order valence-corrected chi connectivity index (χ3v) is 3.99. The molecule has 4 heteroatoms. The molecule has 0 aliphatic carbocycles. The molecule has 2 N–H and O–H groups in total. The van der Waals surface area contributed by atoms with E-state index in [1.165, 1.54) is 23.1 Å². The number of benzene rings is 2. The van der Waals surface area contributed by atoms with E-state index >= 15 is 0 Å². The molecule has 0 bridgehead atoms. The molecule has 2 amide bonds. The molecule has 0 spiro atoms. The first-order valence-electron chi connectivity index (χ1n) is 6.84. The molecule has 0 heterocycles. The van der Waals surface area contributed by atoms with Crippen LogP contribution in [0.1, 0.15) is 22.3 Å². The number of carbonyl (C=O) groups excluding carboxylic acids is 1. The van der Waals surface area contributed by atoms with Gasteiger partial charge in [-0.15, -0.1) is 0 Å². The van der Waals surface area contributed by atoms with Gasteiger partial charge in [0.05, 0.1) is 0 Å². The lowest BCUT2D eigenvalue weighted by Crippen LogP contribution is -2.23. The summed E-state index contributed by atoms with van der Waals surface area (Å²) in [5, 5.41) is 2.92. The molecule has 0 unspecified atom stereocenters. The lowest BCUT2D eigenvalue weighted by atomic mass is 10.1. The average molecular weight is 300 g/mol. The van der Waals surface area contributed by atoms with Gasteiger partial charge in [-0.25, -0.2) is 4.79 Å². The molecule has 110 valence electrons. The standard InChI is InChI=1S/C17H20N2OS/c1-11-5-7-15(8-6-11)21-19-17(20)18-16-13(3)9-12(2)10-14(16)4/h5-10H,1-4H3,(H2,18,19,20). The summed E-state index contributed by atoms with van der Waals surface area (Å²) in [6, 6.07) is 11.9. The Morgan fingerprint density at radius 2 is 1.48 bits per heavy atom. The van der Waals surface area contributed by atoms with E-state index in [9.17, 15) is 4.79 Å². The average Bonchev–Trinajstić information content (AvgIpc) is 2.42. The zero-order chi connectivity index (χ0) is 15.4. The summed E-state index contributed by atoms with van der Waals surface area (Å²) in [6.45, 7) is 8.10. The molecular weight excluding hydrogens is 280 g/mol. The Morgan fingerprint density at radius 1 is 0.905 bits per heavy atom. The van der Waals surface area contributed by atoms with Gasteiger partial charge in [-0.2, -0.15) is 0 Å². The van der Waals surface area contributed by atoms with Gasteiger partial charge in [-0.1, -0.05) is 35.4 Å². The molecule has 21 heavy (non-hydrogen) atoms. The van der Waals surface area contributed by atoms with Gasteiger partial charge in [0.15, 0.2) is 0 Å². The van der Waals surface area contributed by atoms with Gasteiger partial charge in [0.25, 0.3) is 0 Å². The van der Waals surface area contributed by atoms with E-state index in [1.807, 2.05) is 45.0 Å². The fraction of sp³-hybridized carbons (Fsp3) is 0.235. The number of rotatable bonds is 3. The van der Waals surface area contributed by atoms with Crippen molar-refractivity contribution in [2.75, 3.05) is 5.32 Å². The summed E-state index contributed by atoms with van der Waals surface area (Å²) in [7, 11) is 0. The van der Waals surface area contributed by atoms with Crippen LogP contribution >= 0.6 is 11.9 Å². The van der Waals surface area contributed by atoms with Crippen LogP contribution in [0.4, 0.5) is 10.5 Å². The van der Waals surface area contributed by atoms with Crippen LogP contribution in [0.3, 0.4) is 0 Å². The van der Waals surface area contributed by atoms with E-state index in [2.05, 4.69) is 29.1 Å². The van der Waals surface area contributed by atoms with Crippen LogP contribution in [0, 0.1) is 27.7 Å². The SMILES string of the molecule is Cc1ccc(SNC(=O)Nc2c(C)cc(C)cc2C)cc1. The van der Waals surface area contributed by atoms with E-state index in [-0.39, 0.29) is 6.03 Å². The Balaban J connectivity index is 1.97. The Hall–Kier alpha value is -1.94. The Morgan fingerprint density at radius 3 is 2.05 bits per heavy atom. The zero-order valence-corrected chi connectivity index (χ0v) is 13.6. The van der Waals surface area contributed by atoms with Crippen molar-refractivity contribution < 1.29 is 4.79 Å². The summed E-state index contributed by atoms with van der Waals surface area (Å²) in [5.41, 5.74) is 5.42. The molecule has 0 saturated heterocycles. The van der Waals surface area contributed by atoms with Gasteiger partial charge in [0, 0.05) is 10.6 Å². The predicted molar refractivity (Wildman–Crippen MR) is 89.8 cm³/mol. The number of amides is 2. The van der Waals surface area contributed by atoms with E-state index in [0.717, 1.165) is 21.7 Å². The number of urea groups is 1. The minimum absolute atomic E-state index is 0.212. The van der Waals surface area contributed by atoms with E-state index in [0.29, 0.717) is 0 Å². The fourth-order valence-electron chi connectivity index (χ4n) is 2.23. The lowest BCUT2D eigenvalue weighted by molar-refractivity contribution is 0.257. The van der Waals surface area contributed by atoms with Crippen molar-refractivity contribution in [3.63, 3.8) is 0 Å². The smallest absolute Gasteiger partial charge is 0.307 e. The third kappa shape index (κ3) is 4.26. The van der Waals surface area contributed by atoms with Gasteiger partial charge < -0.3 is 5.32 Å². The van der Waals surface area contributed by atoms with Crippen LogP contribution in [0.15, 0.2) is 41.3 Å². The van der Waals surface area contributed by atoms with Gasteiger partial charge in [-0.3, -0.25) is 4.72 Å². The quantitative estimate of drug-likeness (QED) is 0.803. The molecule has 0 saturated carbocycles. The second-order valence-electron chi connectivity index (χ2n) is 5.25. The van der Waals surface area contributed by atoms with Crippen molar-refractivity contribution in [3.8, 4) is 0 Å². The molecule has 0 fully saturated rings. The zero-order valence-electron chi connectivity index (χ0n) is 12.8. The molecular formula is C17H20N2OS. The van der Waals surface area contributed by atoms with E-state index < -0.39 is 0 Å². The Kier molecular flexibility index (Phi) is 4.91. The maximum absolute atomic E-state index is 12.0. The summed E-state index contributed by atoms with van der Waals surface area (Å²) < 4.78 is 2.80. The maximum atomic E-state index is 12.0. The van der Waals surface area contributed by atoms with Crippen LogP contribution in [-0.4, -0.2) is 6.03 Å². The largest absolute Gasteiger partial charge is 0.329 e. The third-order valence-electron chi connectivity index (χ3n) is 3.20. The normalized spacial score (nSPS) is 10.3. The molecule has 0 radical (unpaired) electrons. The van der Waals surface area contributed by atoms with Crippen molar-refractivity contribution in [2.24, 2.45) is 0 Å². The first-order chi connectivity index (χ1) is 9.95. The molecule has 2 rings (SSSR count). The van der Waals surface area contributed by atoms with Gasteiger partial charge >= 0.3 is 6.03 Å². The molecule has 0 atom stereocenters. The molecule has 3 nitrogen and oxygen atoms in total.